The van der Waals surface area contributed by atoms with Crippen LogP contribution in [0.1, 0.15) is 24.0 Å². The average Bonchev–Trinajstić information content (AvgIpc) is 2.14. The van der Waals surface area contributed by atoms with E-state index in [1.54, 1.807) is 18.2 Å². The van der Waals surface area contributed by atoms with Crippen LogP contribution in [-0.2, 0) is 4.79 Å². The van der Waals surface area contributed by atoms with Crippen LogP contribution in [0.15, 0.2) is 24.3 Å². The van der Waals surface area contributed by atoms with Crippen LogP contribution < -0.4 is 0 Å². The molecule has 0 heterocycles. The quantitative estimate of drug-likeness (QED) is 0.825. The Bertz CT molecular complexity index is 383. The van der Waals surface area contributed by atoms with Crippen LogP contribution in [0.3, 0.4) is 0 Å². The van der Waals surface area contributed by atoms with Gasteiger partial charge in [0.05, 0.1) is 0 Å². The lowest BCUT2D eigenvalue weighted by Crippen LogP contribution is -1.91. The maximum absolute atomic E-state index is 13.3. The normalized spacial score (nSPS) is 10.8. The number of hydrogen-bond acceptors (Lipinski definition) is 1. The summed E-state index contributed by atoms with van der Waals surface area (Å²) < 4.78 is 13.3. The second kappa shape index (κ2) is 5.29. The van der Waals surface area contributed by atoms with Crippen molar-refractivity contribution in [2.24, 2.45) is 0 Å². The molecule has 0 aliphatic rings. The maximum atomic E-state index is 13.3. The first kappa shape index (κ1) is 11.4. The van der Waals surface area contributed by atoms with Crippen LogP contribution in [-0.4, -0.2) is 11.1 Å². The lowest BCUT2D eigenvalue weighted by atomic mass is 10.1. The average molecular weight is 208 g/mol. The summed E-state index contributed by atoms with van der Waals surface area (Å²) in [5.41, 5.74) is 1.36. The molecule has 0 bridgehead atoms. The highest BCUT2D eigenvalue weighted by Crippen LogP contribution is 2.11. The van der Waals surface area contributed by atoms with Gasteiger partial charge in [0.25, 0.3) is 0 Å². The first-order chi connectivity index (χ1) is 7.09. The molecule has 0 amide bonds. The molecule has 1 aromatic carbocycles. The van der Waals surface area contributed by atoms with Crippen molar-refractivity contribution in [1.29, 1.82) is 0 Å². The van der Waals surface area contributed by atoms with E-state index < -0.39 is 5.97 Å². The van der Waals surface area contributed by atoms with E-state index in [4.69, 9.17) is 5.11 Å². The predicted molar refractivity (Wildman–Crippen MR) is 57.0 cm³/mol. The molecular formula is C12H13FO2. The van der Waals surface area contributed by atoms with Crippen LogP contribution in [0.2, 0.25) is 0 Å². The van der Waals surface area contributed by atoms with E-state index in [9.17, 15) is 9.18 Å². The number of hydrogen-bond donors (Lipinski definition) is 1. The molecule has 0 aromatic heterocycles. The molecule has 1 aromatic rings. The number of carboxylic acid groups (broad SMARTS) is 1. The summed E-state index contributed by atoms with van der Waals surface area (Å²) in [5.74, 6) is -1.12. The zero-order valence-corrected chi connectivity index (χ0v) is 8.53. The fourth-order valence-electron chi connectivity index (χ4n) is 1.18. The molecule has 0 spiro atoms. The van der Waals surface area contributed by atoms with Crippen molar-refractivity contribution in [3.8, 4) is 0 Å². The van der Waals surface area contributed by atoms with Crippen molar-refractivity contribution < 1.29 is 14.3 Å². The van der Waals surface area contributed by atoms with E-state index in [0.717, 1.165) is 5.56 Å². The second-order valence-electron chi connectivity index (χ2n) is 3.36. The number of aliphatic carboxylic acids is 1. The van der Waals surface area contributed by atoms with Crippen molar-refractivity contribution in [3.05, 3.63) is 41.2 Å². The minimum atomic E-state index is -0.843. The Balaban J connectivity index is 2.60. The summed E-state index contributed by atoms with van der Waals surface area (Å²) in [4.78, 5) is 10.2. The number of carbonyl (C=O) groups is 1. The van der Waals surface area contributed by atoms with E-state index in [2.05, 4.69) is 0 Å². The van der Waals surface area contributed by atoms with E-state index >= 15 is 0 Å². The van der Waals surface area contributed by atoms with Gasteiger partial charge in [-0.3, -0.25) is 4.79 Å². The first-order valence-electron chi connectivity index (χ1n) is 4.74. The van der Waals surface area contributed by atoms with Crippen LogP contribution in [0.5, 0.6) is 0 Å². The Labute approximate surface area is 88.1 Å². The van der Waals surface area contributed by atoms with Gasteiger partial charge in [0.15, 0.2) is 0 Å². The Kier molecular flexibility index (Phi) is 4.03. The van der Waals surface area contributed by atoms with E-state index in [0.29, 0.717) is 12.0 Å². The van der Waals surface area contributed by atoms with Gasteiger partial charge in [0.2, 0.25) is 0 Å². The van der Waals surface area contributed by atoms with Crippen LogP contribution in [0.25, 0.3) is 6.08 Å². The predicted octanol–water partition coefficient (Wildman–Crippen LogP) is 3.01. The highest BCUT2D eigenvalue weighted by atomic mass is 19.1. The SMILES string of the molecule is Cc1ccc(C=CCCC(=O)O)c(F)c1. The minimum Gasteiger partial charge on any atom is -0.481 e. The number of allylic oxidation sites excluding steroid dienone is 1. The van der Waals surface area contributed by atoms with Crippen LogP contribution in [0, 0.1) is 12.7 Å². The topological polar surface area (TPSA) is 37.3 Å². The minimum absolute atomic E-state index is 0.0734. The molecular weight excluding hydrogens is 195 g/mol. The van der Waals surface area contributed by atoms with Gasteiger partial charge in [-0.15, -0.1) is 0 Å². The second-order valence-corrected chi connectivity index (χ2v) is 3.36. The third-order valence-corrected chi connectivity index (χ3v) is 1.98. The zero-order chi connectivity index (χ0) is 11.3. The molecule has 0 aliphatic carbocycles. The number of halogens is 1. The fraction of sp³-hybridized carbons (Fsp3) is 0.250. The maximum Gasteiger partial charge on any atom is 0.303 e. The largest absolute Gasteiger partial charge is 0.481 e. The smallest absolute Gasteiger partial charge is 0.303 e. The zero-order valence-electron chi connectivity index (χ0n) is 8.53. The summed E-state index contributed by atoms with van der Waals surface area (Å²) in [7, 11) is 0. The first-order valence-corrected chi connectivity index (χ1v) is 4.74. The van der Waals surface area contributed by atoms with Gasteiger partial charge in [-0.1, -0.05) is 24.3 Å². The van der Waals surface area contributed by atoms with Crippen LogP contribution in [0.4, 0.5) is 4.39 Å². The molecule has 0 unspecified atom stereocenters. The molecule has 0 saturated carbocycles. The molecule has 3 heteroatoms. The van der Waals surface area contributed by atoms with Crippen molar-refractivity contribution in [2.45, 2.75) is 19.8 Å². The molecule has 1 rings (SSSR count). The van der Waals surface area contributed by atoms with E-state index in [1.165, 1.54) is 6.07 Å². The van der Waals surface area contributed by atoms with E-state index in [1.807, 2.05) is 13.0 Å². The summed E-state index contributed by atoms with van der Waals surface area (Å²) in [6.07, 6.45) is 3.77. The highest BCUT2D eigenvalue weighted by molar-refractivity contribution is 5.67. The van der Waals surface area contributed by atoms with Crippen molar-refractivity contribution in [3.63, 3.8) is 0 Å². The number of carboxylic acids is 1. The van der Waals surface area contributed by atoms with Gasteiger partial charge in [-0.05, 0) is 25.0 Å². The monoisotopic (exact) mass is 208 g/mol. The van der Waals surface area contributed by atoms with Crippen LogP contribution >= 0.6 is 0 Å². The third kappa shape index (κ3) is 3.94. The molecule has 0 radical (unpaired) electrons. The van der Waals surface area contributed by atoms with Gasteiger partial charge in [-0.25, -0.2) is 4.39 Å². The number of benzene rings is 1. The number of aryl methyl sites for hydroxylation is 1. The third-order valence-electron chi connectivity index (χ3n) is 1.98. The molecule has 0 saturated heterocycles. The lowest BCUT2D eigenvalue weighted by molar-refractivity contribution is -0.136. The molecule has 0 aliphatic heterocycles. The molecule has 15 heavy (non-hydrogen) atoms. The highest BCUT2D eigenvalue weighted by Gasteiger charge is 1.98. The Hall–Kier alpha value is -1.64. The van der Waals surface area contributed by atoms with Gasteiger partial charge in [-0.2, -0.15) is 0 Å². The summed E-state index contributed by atoms with van der Waals surface area (Å²) in [6, 6.07) is 4.96. The molecule has 2 nitrogen and oxygen atoms in total. The fourth-order valence-corrected chi connectivity index (χ4v) is 1.18. The van der Waals surface area contributed by atoms with Crippen molar-refractivity contribution in [2.75, 3.05) is 0 Å². The standard InChI is InChI=1S/C12H13FO2/c1-9-6-7-10(11(13)8-9)4-2-3-5-12(14)15/h2,4,6-8H,3,5H2,1H3,(H,14,15). The summed E-state index contributed by atoms with van der Waals surface area (Å²) in [5, 5.41) is 8.39. The Morgan fingerprint density at radius 3 is 2.87 bits per heavy atom. The Morgan fingerprint density at radius 1 is 1.53 bits per heavy atom. The van der Waals surface area contributed by atoms with Crippen molar-refractivity contribution in [1.82, 2.24) is 0 Å². The molecule has 80 valence electrons. The molecule has 0 fully saturated rings. The van der Waals surface area contributed by atoms with Gasteiger partial charge in [0.1, 0.15) is 5.82 Å². The van der Waals surface area contributed by atoms with Gasteiger partial charge < -0.3 is 5.11 Å². The molecule has 1 N–H and O–H groups in total. The Morgan fingerprint density at radius 2 is 2.27 bits per heavy atom. The van der Waals surface area contributed by atoms with E-state index in [-0.39, 0.29) is 12.2 Å². The number of rotatable bonds is 4. The van der Waals surface area contributed by atoms with Gasteiger partial charge >= 0.3 is 5.97 Å². The summed E-state index contributed by atoms with van der Waals surface area (Å²) in [6.45, 7) is 1.82. The lowest BCUT2D eigenvalue weighted by Gasteiger charge is -1.97. The van der Waals surface area contributed by atoms with Gasteiger partial charge in [0, 0.05) is 12.0 Å². The van der Waals surface area contributed by atoms with Crippen molar-refractivity contribution >= 4 is 12.0 Å². The summed E-state index contributed by atoms with van der Waals surface area (Å²) >= 11 is 0. The molecule has 0 atom stereocenters.